The van der Waals surface area contributed by atoms with E-state index in [9.17, 15) is 0 Å². The molecule has 0 bridgehead atoms. The molecule has 1 heterocycles. The summed E-state index contributed by atoms with van der Waals surface area (Å²) in [7, 11) is 3.99. The Morgan fingerprint density at radius 2 is 1.57 bits per heavy atom. The SMILES string of the molecule is C=CCC.C=CCC(CC)(SCC)C1=CC=CCC=C1.CC1CCC(C)CC1.Cc1nc(N(C)C)c2ccccc2n1. The summed E-state index contributed by atoms with van der Waals surface area (Å²) >= 11 is 2.04. The number of thioether (sulfide) groups is 1. The topological polar surface area (TPSA) is 29.0 Å². The Kier molecular flexibility index (Phi) is 18.9. The van der Waals surface area contributed by atoms with E-state index in [0.29, 0.717) is 0 Å². The predicted octanol–water partition coefficient (Wildman–Crippen LogP) is 11.3. The second kappa shape index (κ2) is 21.2. The molecule has 2 aliphatic rings. The van der Waals surface area contributed by atoms with Crippen LogP contribution >= 0.6 is 11.8 Å². The summed E-state index contributed by atoms with van der Waals surface area (Å²) in [6, 6.07) is 8.06. The quantitative estimate of drug-likeness (QED) is 0.286. The minimum atomic E-state index is 0.224. The fraction of sp³-hybridized carbons (Fsp3) is 0.526. The molecule has 2 aromatic rings. The molecule has 0 aliphatic heterocycles. The average Bonchev–Trinajstić information content (AvgIpc) is 3.29. The summed E-state index contributed by atoms with van der Waals surface area (Å²) in [5.74, 6) is 4.98. The second-order valence-electron chi connectivity index (χ2n) is 11.5. The van der Waals surface area contributed by atoms with Crippen LogP contribution in [0.3, 0.4) is 0 Å². The number of allylic oxidation sites excluding steroid dienone is 7. The number of para-hydroxylation sites is 1. The third kappa shape index (κ3) is 13.2. The zero-order valence-electron chi connectivity index (χ0n) is 28.0. The average molecular weight is 590 g/mol. The van der Waals surface area contributed by atoms with Crippen LogP contribution in [-0.4, -0.2) is 34.6 Å². The van der Waals surface area contributed by atoms with E-state index in [2.05, 4.69) is 94.2 Å². The van der Waals surface area contributed by atoms with Crippen LogP contribution in [0.1, 0.15) is 91.8 Å². The second-order valence-corrected chi connectivity index (χ2v) is 13.2. The van der Waals surface area contributed by atoms with Crippen molar-refractivity contribution in [3.05, 3.63) is 91.4 Å². The lowest BCUT2D eigenvalue weighted by molar-refractivity contribution is 0.308. The first-order valence-electron chi connectivity index (χ1n) is 16.0. The molecule has 4 rings (SSSR count). The summed E-state index contributed by atoms with van der Waals surface area (Å²) in [6.45, 7) is 20.6. The molecule has 42 heavy (non-hydrogen) atoms. The highest BCUT2D eigenvalue weighted by Gasteiger charge is 2.29. The lowest BCUT2D eigenvalue weighted by Crippen LogP contribution is -2.25. The van der Waals surface area contributed by atoms with Crippen molar-refractivity contribution < 1.29 is 0 Å². The van der Waals surface area contributed by atoms with Crippen molar-refractivity contribution in [1.29, 1.82) is 0 Å². The number of anilines is 1. The first-order chi connectivity index (χ1) is 20.2. The van der Waals surface area contributed by atoms with Gasteiger partial charge in [0.2, 0.25) is 0 Å². The maximum absolute atomic E-state index is 4.42. The van der Waals surface area contributed by atoms with Crippen LogP contribution in [0.4, 0.5) is 5.82 Å². The molecule has 0 radical (unpaired) electrons. The van der Waals surface area contributed by atoms with Crippen LogP contribution in [0, 0.1) is 18.8 Å². The molecule has 1 atom stereocenters. The highest BCUT2D eigenvalue weighted by Crippen LogP contribution is 2.41. The van der Waals surface area contributed by atoms with Gasteiger partial charge in [-0.05, 0) is 67.9 Å². The number of hydrogen-bond acceptors (Lipinski definition) is 4. The van der Waals surface area contributed by atoms with Gasteiger partial charge in [0.25, 0.3) is 0 Å². The molecular weight excluding hydrogens is 531 g/mol. The minimum absolute atomic E-state index is 0.224. The highest BCUT2D eigenvalue weighted by molar-refractivity contribution is 8.00. The number of benzene rings is 1. The molecule has 0 saturated heterocycles. The highest BCUT2D eigenvalue weighted by atomic mass is 32.2. The maximum Gasteiger partial charge on any atom is 0.139 e. The predicted molar refractivity (Wildman–Crippen MR) is 193 cm³/mol. The zero-order chi connectivity index (χ0) is 31.4. The summed E-state index contributed by atoms with van der Waals surface area (Å²) in [6.07, 6.45) is 25.3. The fourth-order valence-electron chi connectivity index (χ4n) is 5.04. The fourth-order valence-corrected chi connectivity index (χ4v) is 6.34. The van der Waals surface area contributed by atoms with Gasteiger partial charge in [-0.1, -0.05) is 115 Å². The molecule has 0 spiro atoms. The Balaban J connectivity index is 0.000000308. The lowest BCUT2D eigenvalue weighted by Gasteiger charge is -2.32. The molecule has 1 unspecified atom stereocenters. The smallest absolute Gasteiger partial charge is 0.139 e. The van der Waals surface area contributed by atoms with Crippen molar-refractivity contribution in [2.45, 2.75) is 97.7 Å². The molecule has 2 aliphatic carbocycles. The number of rotatable bonds is 8. The summed E-state index contributed by atoms with van der Waals surface area (Å²) in [5, 5.41) is 1.10. The van der Waals surface area contributed by atoms with E-state index in [1.807, 2.05) is 68.0 Å². The Hall–Kier alpha value is -2.59. The van der Waals surface area contributed by atoms with Crippen LogP contribution < -0.4 is 4.90 Å². The lowest BCUT2D eigenvalue weighted by atomic mass is 9.84. The molecule has 1 aromatic carbocycles. The van der Waals surface area contributed by atoms with Gasteiger partial charge in [0.15, 0.2) is 0 Å². The van der Waals surface area contributed by atoms with Crippen LogP contribution in [-0.2, 0) is 0 Å². The zero-order valence-corrected chi connectivity index (χ0v) is 28.9. The van der Waals surface area contributed by atoms with Crippen LogP contribution in [0.25, 0.3) is 10.9 Å². The Labute approximate surface area is 263 Å². The summed E-state index contributed by atoms with van der Waals surface area (Å²) < 4.78 is 0.224. The Bertz CT molecular complexity index is 1130. The molecule has 0 N–H and O–H groups in total. The minimum Gasteiger partial charge on any atom is -0.362 e. The van der Waals surface area contributed by atoms with Gasteiger partial charge >= 0.3 is 0 Å². The molecule has 4 heteroatoms. The van der Waals surface area contributed by atoms with Crippen LogP contribution in [0.15, 0.2) is 85.5 Å². The van der Waals surface area contributed by atoms with E-state index in [0.717, 1.165) is 65.8 Å². The molecule has 232 valence electrons. The standard InChI is InChI=1S/C15H22S.C11H13N3.C8H16.C4H8/c1-4-13-15(5-2,16-6-3)14-11-9-7-8-10-12-14;1-8-12-10-7-5-4-6-9(10)11(13-8)14(2)3;1-7-3-5-8(2)6-4-7;1-3-4-2/h4,7,9-12H,1,5-6,8,13H2,2-3H3;4-7H,1-3H3;7-8H,3-6H2,1-2H3;3H,1,4H2,2H3. The van der Waals surface area contributed by atoms with E-state index < -0.39 is 0 Å². The number of fused-ring (bicyclic) bond motifs is 1. The van der Waals surface area contributed by atoms with Crippen molar-refractivity contribution >= 4 is 28.5 Å². The number of nitrogens with zero attached hydrogens (tertiary/aromatic N) is 3. The monoisotopic (exact) mass is 589 g/mol. The Morgan fingerprint density at radius 3 is 2.10 bits per heavy atom. The number of aromatic nitrogens is 2. The van der Waals surface area contributed by atoms with Gasteiger partial charge in [-0.3, -0.25) is 0 Å². The van der Waals surface area contributed by atoms with Crippen molar-refractivity contribution in [3.8, 4) is 0 Å². The van der Waals surface area contributed by atoms with Gasteiger partial charge < -0.3 is 4.90 Å². The van der Waals surface area contributed by atoms with E-state index in [1.165, 1.54) is 31.3 Å². The summed E-state index contributed by atoms with van der Waals surface area (Å²) in [5.41, 5.74) is 2.44. The normalized spacial score (nSPS) is 18.8. The maximum atomic E-state index is 4.42. The van der Waals surface area contributed by atoms with Gasteiger partial charge in [-0.25, -0.2) is 9.97 Å². The third-order valence-electron chi connectivity index (χ3n) is 7.69. The van der Waals surface area contributed by atoms with Gasteiger partial charge in [0.05, 0.1) is 5.52 Å². The van der Waals surface area contributed by atoms with Gasteiger partial charge in [0, 0.05) is 24.2 Å². The third-order valence-corrected chi connectivity index (χ3v) is 9.22. The first kappa shape index (κ1) is 37.4. The molecule has 1 fully saturated rings. The van der Waals surface area contributed by atoms with Crippen LogP contribution in [0.2, 0.25) is 0 Å². The van der Waals surface area contributed by atoms with E-state index >= 15 is 0 Å². The Morgan fingerprint density at radius 1 is 0.952 bits per heavy atom. The largest absolute Gasteiger partial charge is 0.362 e. The molecular formula is C38H59N3S. The van der Waals surface area contributed by atoms with Crippen molar-refractivity contribution in [3.63, 3.8) is 0 Å². The van der Waals surface area contributed by atoms with Crippen molar-refractivity contribution in [1.82, 2.24) is 9.97 Å². The van der Waals surface area contributed by atoms with Gasteiger partial charge in [0.1, 0.15) is 11.6 Å². The first-order valence-corrected chi connectivity index (χ1v) is 17.0. The van der Waals surface area contributed by atoms with Gasteiger partial charge in [-0.15, -0.1) is 13.2 Å². The molecule has 1 aromatic heterocycles. The van der Waals surface area contributed by atoms with Crippen molar-refractivity contribution in [2.24, 2.45) is 11.8 Å². The summed E-state index contributed by atoms with van der Waals surface area (Å²) in [4.78, 5) is 10.8. The van der Waals surface area contributed by atoms with Gasteiger partial charge in [-0.2, -0.15) is 11.8 Å². The molecule has 1 saturated carbocycles. The molecule has 0 amide bonds. The van der Waals surface area contributed by atoms with Crippen molar-refractivity contribution in [2.75, 3.05) is 24.7 Å². The number of hydrogen-bond donors (Lipinski definition) is 0. The number of aryl methyl sites for hydroxylation is 1. The van der Waals surface area contributed by atoms with Crippen LogP contribution in [0.5, 0.6) is 0 Å². The molecule has 3 nitrogen and oxygen atoms in total. The van der Waals surface area contributed by atoms with E-state index in [-0.39, 0.29) is 4.75 Å². The van der Waals surface area contributed by atoms with E-state index in [1.54, 1.807) is 0 Å². The van der Waals surface area contributed by atoms with E-state index in [4.69, 9.17) is 0 Å².